The van der Waals surface area contributed by atoms with Crippen molar-refractivity contribution in [3.8, 4) is 5.75 Å². The number of hydrogen-bond donors (Lipinski definition) is 3. The highest BCUT2D eigenvalue weighted by molar-refractivity contribution is 7.81. The van der Waals surface area contributed by atoms with Crippen molar-refractivity contribution in [2.75, 3.05) is 24.8 Å². The Morgan fingerprint density at radius 1 is 1.11 bits per heavy atom. The first-order valence-corrected chi connectivity index (χ1v) is 9.27. The number of amides is 1. The van der Waals surface area contributed by atoms with E-state index in [0.29, 0.717) is 17.7 Å². The van der Waals surface area contributed by atoms with Crippen molar-refractivity contribution in [2.45, 2.75) is 18.6 Å². The third-order valence-corrected chi connectivity index (χ3v) is 4.17. The summed E-state index contributed by atoms with van der Waals surface area (Å²) >= 11 is 3.86. The number of thiol groups is 1. The molecule has 150 valence electrons. The van der Waals surface area contributed by atoms with Crippen molar-refractivity contribution in [1.82, 2.24) is 0 Å². The lowest BCUT2D eigenvalue weighted by atomic mass is 10.0. The number of aromatic hydroxyl groups is 1. The van der Waals surface area contributed by atoms with E-state index in [2.05, 4.69) is 17.9 Å². The fraction of sp³-hybridized carbons (Fsp3) is 0.300. The Morgan fingerprint density at radius 2 is 1.79 bits per heavy atom. The molecular weight excluding hydrogens is 382 g/mol. The Bertz CT molecular complexity index is 753. The molecule has 0 unspecified atom stereocenters. The molecule has 0 aromatic heterocycles. The molecule has 1 amide bonds. The maximum atomic E-state index is 12.4. The molecule has 0 radical (unpaired) electrons. The van der Waals surface area contributed by atoms with Crippen LogP contribution < -0.4 is 5.32 Å². The second-order valence-corrected chi connectivity index (χ2v) is 6.17. The molecule has 0 heterocycles. The van der Waals surface area contributed by atoms with Crippen LogP contribution in [0.25, 0.3) is 0 Å². The summed E-state index contributed by atoms with van der Waals surface area (Å²) in [5.74, 6) is -0.371. The predicted molar refractivity (Wildman–Crippen MR) is 108 cm³/mol. The summed E-state index contributed by atoms with van der Waals surface area (Å²) in [4.78, 5) is 23.7. The van der Waals surface area contributed by atoms with Crippen LogP contribution in [0.4, 0.5) is 10.5 Å². The molecule has 2 aromatic carbocycles. The van der Waals surface area contributed by atoms with Gasteiger partial charge in [-0.2, -0.15) is 12.6 Å². The van der Waals surface area contributed by atoms with Gasteiger partial charge in [0, 0.05) is 19.2 Å². The van der Waals surface area contributed by atoms with Crippen LogP contribution in [0.1, 0.15) is 18.1 Å². The number of phenolic OH excluding ortho intramolecular Hbond substituents is 1. The zero-order valence-electron chi connectivity index (χ0n) is 15.4. The Labute approximate surface area is 169 Å². The van der Waals surface area contributed by atoms with Crippen LogP contribution in [-0.2, 0) is 19.0 Å². The zero-order chi connectivity index (χ0) is 20.4. The standard InChI is InChI=1S/C20H23NO6S/c1-25-17(11-12-26-18(23)13-28)19(14-7-9-16(22)10-8-14)27-20(24)21-15-5-3-2-4-6-15/h2-10,17,19,22,28H,11-13H2,1H3,(H,21,24)/t17-,19-/m1/s1. The normalized spacial score (nSPS) is 12.6. The number of benzene rings is 2. The van der Waals surface area contributed by atoms with E-state index < -0.39 is 24.3 Å². The highest BCUT2D eigenvalue weighted by Gasteiger charge is 2.27. The number of carbonyl (C=O) groups excluding carboxylic acids is 2. The average Bonchev–Trinajstić information content (AvgIpc) is 2.71. The lowest BCUT2D eigenvalue weighted by Gasteiger charge is -2.26. The predicted octanol–water partition coefficient (Wildman–Crippen LogP) is 3.56. The van der Waals surface area contributed by atoms with E-state index >= 15 is 0 Å². The van der Waals surface area contributed by atoms with E-state index in [0.717, 1.165) is 0 Å². The van der Waals surface area contributed by atoms with Gasteiger partial charge in [0.1, 0.15) is 11.9 Å². The monoisotopic (exact) mass is 405 g/mol. The van der Waals surface area contributed by atoms with E-state index in [4.69, 9.17) is 14.2 Å². The first-order valence-electron chi connectivity index (χ1n) is 8.64. The number of phenols is 1. The molecule has 7 nitrogen and oxygen atoms in total. The molecule has 2 atom stereocenters. The van der Waals surface area contributed by atoms with Crippen LogP contribution in [0, 0.1) is 0 Å². The van der Waals surface area contributed by atoms with Crippen molar-refractivity contribution in [3.05, 3.63) is 60.2 Å². The number of esters is 1. The van der Waals surface area contributed by atoms with E-state index in [1.807, 2.05) is 6.07 Å². The fourth-order valence-electron chi connectivity index (χ4n) is 2.53. The van der Waals surface area contributed by atoms with E-state index in [1.165, 1.54) is 19.2 Å². The highest BCUT2D eigenvalue weighted by atomic mass is 32.1. The smallest absolute Gasteiger partial charge is 0.412 e. The molecule has 0 aliphatic rings. The number of carbonyl (C=O) groups is 2. The Balaban J connectivity index is 2.12. The van der Waals surface area contributed by atoms with Gasteiger partial charge in [0.2, 0.25) is 0 Å². The maximum absolute atomic E-state index is 12.4. The second kappa shape index (κ2) is 11.2. The molecule has 0 aliphatic heterocycles. The molecule has 2 aromatic rings. The number of methoxy groups -OCH3 is 1. The van der Waals surface area contributed by atoms with Crippen LogP contribution in [0.5, 0.6) is 5.75 Å². The van der Waals surface area contributed by atoms with E-state index in [-0.39, 0.29) is 18.1 Å². The number of nitrogens with one attached hydrogen (secondary N) is 1. The van der Waals surface area contributed by atoms with Crippen molar-refractivity contribution in [2.24, 2.45) is 0 Å². The number of rotatable bonds is 9. The molecule has 28 heavy (non-hydrogen) atoms. The summed E-state index contributed by atoms with van der Waals surface area (Å²) in [6, 6.07) is 15.2. The third-order valence-electron chi connectivity index (χ3n) is 3.91. The van der Waals surface area contributed by atoms with Crippen LogP contribution in [-0.4, -0.2) is 42.7 Å². The summed E-state index contributed by atoms with van der Waals surface area (Å²) in [6.07, 6.45) is -1.69. The highest BCUT2D eigenvalue weighted by Crippen LogP contribution is 2.27. The van der Waals surface area contributed by atoms with Crippen LogP contribution in [0.3, 0.4) is 0 Å². The SMILES string of the molecule is CO[C@H](CCOC(=O)CS)[C@H](OC(=O)Nc1ccccc1)c1ccc(O)cc1. The lowest BCUT2D eigenvalue weighted by Crippen LogP contribution is -2.29. The molecule has 0 bridgehead atoms. The minimum Gasteiger partial charge on any atom is -0.508 e. The molecule has 2 rings (SSSR count). The maximum Gasteiger partial charge on any atom is 0.412 e. The molecule has 8 heteroatoms. The minimum absolute atomic E-state index is 0.0188. The zero-order valence-corrected chi connectivity index (χ0v) is 16.3. The van der Waals surface area contributed by atoms with Crippen LogP contribution in [0.2, 0.25) is 0 Å². The van der Waals surface area contributed by atoms with Gasteiger partial charge in [-0.05, 0) is 29.8 Å². The first-order chi connectivity index (χ1) is 13.5. The molecule has 0 saturated heterocycles. The molecule has 0 aliphatic carbocycles. The van der Waals surface area contributed by atoms with Gasteiger partial charge in [0.05, 0.1) is 12.4 Å². The summed E-state index contributed by atoms with van der Waals surface area (Å²) in [7, 11) is 1.48. The number of hydrogen-bond acceptors (Lipinski definition) is 7. The van der Waals surface area contributed by atoms with E-state index in [9.17, 15) is 14.7 Å². The van der Waals surface area contributed by atoms with Crippen LogP contribution >= 0.6 is 12.6 Å². The summed E-state index contributed by atoms with van der Waals surface area (Å²) in [5.41, 5.74) is 1.22. The number of para-hydroxylation sites is 1. The average molecular weight is 405 g/mol. The summed E-state index contributed by atoms with van der Waals surface area (Å²) in [6.45, 7) is 0.0934. The van der Waals surface area contributed by atoms with Gasteiger partial charge in [-0.1, -0.05) is 30.3 Å². The van der Waals surface area contributed by atoms with E-state index in [1.54, 1.807) is 36.4 Å². The Hall–Kier alpha value is -2.71. The number of ether oxygens (including phenoxy) is 3. The lowest BCUT2D eigenvalue weighted by molar-refractivity contribution is -0.141. The topological polar surface area (TPSA) is 94.1 Å². The summed E-state index contributed by atoms with van der Waals surface area (Å²) in [5, 5.41) is 12.2. The van der Waals surface area contributed by atoms with Crippen LogP contribution in [0.15, 0.2) is 54.6 Å². The van der Waals surface area contributed by atoms with Crippen molar-refractivity contribution >= 4 is 30.4 Å². The first kappa shape index (κ1) is 21.6. The van der Waals surface area contributed by atoms with Gasteiger partial charge >= 0.3 is 12.1 Å². The van der Waals surface area contributed by atoms with Gasteiger partial charge < -0.3 is 19.3 Å². The van der Waals surface area contributed by atoms with Crippen molar-refractivity contribution in [1.29, 1.82) is 0 Å². The second-order valence-electron chi connectivity index (χ2n) is 5.85. The Morgan fingerprint density at radius 3 is 2.39 bits per heavy atom. The largest absolute Gasteiger partial charge is 0.508 e. The molecule has 2 N–H and O–H groups in total. The molecule has 0 fully saturated rings. The molecular formula is C20H23NO6S. The quantitative estimate of drug-likeness (QED) is 0.436. The van der Waals surface area contributed by atoms with Gasteiger partial charge in [0.15, 0.2) is 6.10 Å². The molecule has 0 spiro atoms. The van der Waals surface area contributed by atoms with Crippen molar-refractivity contribution < 1.29 is 28.9 Å². The Kier molecular flexibility index (Phi) is 8.64. The minimum atomic E-state index is -0.774. The van der Waals surface area contributed by atoms with Gasteiger partial charge in [0.25, 0.3) is 0 Å². The van der Waals surface area contributed by atoms with Gasteiger partial charge in [-0.15, -0.1) is 0 Å². The van der Waals surface area contributed by atoms with Gasteiger partial charge in [-0.3, -0.25) is 10.1 Å². The summed E-state index contributed by atoms with van der Waals surface area (Å²) < 4.78 is 16.1. The third kappa shape index (κ3) is 6.79. The number of anilines is 1. The fourth-order valence-corrected chi connectivity index (χ4v) is 2.63. The van der Waals surface area contributed by atoms with Gasteiger partial charge in [-0.25, -0.2) is 4.79 Å². The molecule has 0 saturated carbocycles. The van der Waals surface area contributed by atoms with Crippen molar-refractivity contribution in [3.63, 3.8) is 0 Å².